The quantitative estimate of drug-likeness (QED) is 0.0147. The largest absolute Gasteiger partial charge is 0.508 e. The number of aliphatic hydroxyl groups excluding tert-OH is 1. The molecule has 0 aliphatic carbocycles. The molecule has 18 N–H and O–H groups in total. The van der Waals surface area contributed by atoms with E-state index in [1.54, 1.807) is 6.92 Å². The molecule has 0 radical (unpaired) electrons. The number of nitrogens with zero attached hydrogens (tertiary/aromatic N) is 1. The Morgan fingerprint density at radius 1 is 0.676 bits per heavy atom. The molecule has 13 amide bonds. The van der Waals surface area contributed by atoms with Gasteiger partial charge in [0.15, 0.2) is 0 Å². The van der Waals surface area contributed by atoms with Crippen LogP contribution in [0.1, 0.15) is 77.8 Å². The number of benzene rings is 2. The normalized spacial score (nSPS) is 21.4. The van der Waals surface area contributed by atoms with Crippen LogP contribution < -0.4 is 69.5 Å². The predicted molar refractivity (Wildman–Crippen MR) is 381 cm³/mol. The van der Waals surface area contributed by atoms with E-state index in [-0.39, 0.29) is 73.3 Å². The van der Waals surface area contributed by atoms with Crippen LogP contribution in [0.3, 0.4) is 0 Å². The van der Waals surface area contributed by atoms with Crippen LogP contribution in [-0.4, -0.2) is 248 Å². The number of aliphatic carboxylic acids is 1. The summed E-state index contributed by atoms with van der Waals surface area (Å²) in [6.45, 7) is 5.60. The fourth-order valence-electron chi connectivity index (χ4n) is 9.78. The van der Waals surface area contributed by atoms with Crippen molar-refractivity contribution in [1.82, 2.24) is 68.7 Å². The van der Waals surface area contributed by atoms with Crippen molar-refractivity contribution < 1.29 is 102 Å². The molecule has 0 saturated carbocycles. The zero-order chi connectivity index (χ0) is 75.9. The van der Waals surface area contributed by atoms with Crippen LogP contribution in [0, 0.1) is 0 Å². The number of likely N-dealkylation sites (tertiary alicyclic amines) is 1. The molecule has 0 spiro atoms. The molecular formula is C61H86N14O21S6. The minimum atomic E-state index is -1.74. The van der Waals surface area contributed by atoms with Gasteiger partial charge in [-0.25, -0.2) is 4.79 Å². The number of nitrogens with two attached hydrogens (primary N) is 1. The summed E-state index contributed by atoms with van der Waals surface area (Å²) in [4.78, 5) is 216. The predicted octanol–water partition coefficient (Wildman–Crippen LogP) is -4.34. The summed E-state index contributed by atoms with van der Waals surface area (Å²) < 4.78 is 5.12. The summed E-state index contributed by atoms with van der Waals surface area (Å²) >= 11 is 8.20. The van der Waals surface area contributed by atoms with Crippen molar-refractivity contribution in [3.05, 3.63) is 59.7 Å². The fraction of sp³-hybridized carbons (Fsp3) is 0.541. The summed E-state index contributed by atoms with van der Waals surface area (Å²) in [6, 6.07) is -7.62. The van der Waals surface area contributed by atoms with Crippen LogP contribution >= 0.6 is 66.5 Å². The lowest BCUT2D eigenvalue weighted by atomic mass is 10.0. The molecule has 102 heavy (non-hydrogen) atoms. The average Bonchev–Trinajstić information content (AvgIpc) is 1.68. The van der Waals surface area contributed by atoms with E-state index in [0.29, 0.717) is 17.4 Å². The number of carbonyl (C=O) groups is 16. The number of hydrogen-bond donors (Lipinski definition) is 19. The molecule has 2 aliphatic heterocycles. The Morgan fingerprint density at radius 3 is 1.81 bits per heavy atom. The van der Waals surface area contributed by atoms with Crippen LogP contribution in [0.2, 0.25) is 0 Å². The smallest absolute Gasteiger partial charge is 0.328 e. The second kappa shape index (κ2) is 43.7. The number of aldehydes is 1. The van der Waals surface area contributed by atoms with Gasteiger partial charge in [0.05, 0.1) is 25.3 Å². The first-order valence-electron chi connectivity index (χ1n) is 31.8. The van der Waals surface area contributed by atoms with Crippen LogP contribution in [0.15, 0.2) is 48.5 Å². The van der Waals surface area contributed by atoms with Crippen LogP contribution in [-0.2, 0) is 94.3 Å². The van der Waals surface area contributed by atoms with Crippen molar-refractivity contribution in [2.24, 2.45) is 5.73 Å². The number of phenolic OH excluding ortho intramolecular Hbond substituents is 2. The number of nitrogens with one attached hydrogen (secondary N) is 12. The summed E-state index contributed by atoms with van der Waals surface area (Å²) in [6.07, 6.45) is -3.10. The zero-order valence-corrected chi connectivity index (χ0v) is 61.0. The lowest BCUT2D eigenvalue weighted by Crippen LogP contribution is -2.61. The average molecular weight is 1540 g/mol. The number of hydrogen-bond acceptors (Lipinski definition) is 27. The molecule has 0 aromatic heterocycles. The van der Waals surface area contributed by atoms with Crippen molar-refractivity contribution in [2.45, 2.75) is 164 Å². The summed E-state index contributed by atoms with van der Waals surface area (Å²) in [5, 5.41) is 68.9. The van der Waals surface area contributed by atoms with Crippen molar-refractivity contribution in [1.29, 1.82) is 0 Å². The van der Waals surface area contributed by atoms with E-state index in [9.17, 15) is 97.1 Å². The molecule has 8 unspecified atom stereocenters. The first-order chi connectivity index (χ1) is 48.3. The molecule has 562 valence electrons. The van der Waals surface area contributed by atoms with Crippen molar-refractivity contribution >= 4 is 162 Å². The van der Waals surface area contributed by atoms with Gasteiger partial charge in [-0.15, -0.1) is 23.3 Å². The van der Waals surface area contributed by atoms with E-state index in [2.05, 4.69) is 87.1 Å². The maximum atomic E-state index is 14.4. The Morgan fingerprint density at radius 2 is 1.23 bits per heavy atom. The maximum absolute atomic E-state index is 14.4. The molecule has 0 bridgehead atoms. The van der Waals surface area contributed by atoms with E-state index in [4.69, 9.17) is 10.5 Å². The second-order valence-electron chi connectivity index (χ2n) is 23.4. The molecule has 2 aromatic carbocycles. The number of rotatable bonds is 31. The number of carbonyl (C=O) groups excluding carboxylic acids is 15. The number of esters is 1. The molecule has 2 saturated heterocycles. The molecule has 2 heterocycles. The van der Waals surface area contributed by atoms with Crippen LogP contribution in [0.4, 0.5) is 0 Å². The van der Waals surface area contributed by atoms with Crippen LogP contribution in [0.5, 0.6) is 11.5 Å². The lowest BCUT2D eigenvalue weighted by molar-refractivity contribution is -0.147. The number of carboxylic acid groups (broad SMARTS) is 1. The third-order valence-corrected chi connectivity index (χ3v) is 19.7. The minimum absolute atomic E-state index is 0.00833. The number of aliphatic hydroxyl groups is 1. The van der Waals surface area contributed by atoms with Crippen molar-refractivity contribution in [3.63, 3.8) is 0 Å². The van der Waals surface area contributed by atoms with Gasteiger partial charge in [-0.2, -0.15) is 0 Å². The van der Waals surface area contributed by atoms with Gasteiger partial charge in [0.2, 0.25) is 76.8 Å². The van der Waals surface area contributed by atoms with Gasteiger partial charge >= 0.3 is 11.9 Å². The summed E-state index contributed by atoms with van der Waals surface area (Å²) in [5.74, 6) is -15.5. The molecule has 2 aromatic rings. The minimum Gasteiger partial charge on any atom is -0.508 e. The highest BCUT2D eigenvalue weighted by molar-refractivity contribution is 8.76. The highest BCUT2D eigenvalue weighted by Gasteiger charge is 2.41. The van der Waals surface area contributed by atoms with Gasteiger partial charge in [-0.05, 0) is 89.3 Å². The van der Waals surface area contributed by atoms with Crippen LogP contribution in [0.25, 0.3) is 0 Å². The van der Waals surface area contributed by atoms with Gasteiger partial charge in [-0.1, -0.05) is 67.4 Å². The second-order valence-corrected chi connectivity index (χ2v) is 28.7. The topological polar surface area (TPSA) is 537 Å². The highest BCUT2D eigenvalue weighted by atomic mass is 33.1. The first kappa shape index (κ1) is 86.2. The lowest BCUT2D eigenvalue weighted by Gasteiger charge is -2.30. The number of ether oxygens (including phenoxy) is 1. The van der Waals surface area contributed by atoms with Crippen molar-refractivity contribution in [3.8, 4) is 11.5 Å². The van der Waals surface area contributed by atoms with E-state index in [0.717, 1.165) is 55.0 Å². The molecule has 35 nitrogen and oxygen atoms in total. The summed E-state index contributed by atoms with van der Waals surface area (Å²) in [7, 11) is 3.55. The van der Waals surface area contributed by atoms with Gasteiger partial charge in [-0.3, -0.25) is 67.1 Å². The maximum Gasteiger partial charge on any atom is 0.328 e. The van der Waals surface area contributed by atoms with E-state index >= 15 is 0 Å². The molecule has 2 fully saturated rings. The Hall–Kier alpha value is -8.22. The van der Waals surface area contributed by atoms with E-state index < -0.39 is 199 Å². The third kappa shape index (κ3) is 28.5. The molecule has 41 heteroatoms. The van der Waals surface area contributed by atoms with Gasteiger partial charge in [0.1, 0.15) is 90.3 Å². The fourth-order valence-corrected chi connectivity index (χ4v) is 13.7. The van der Waals surface area contributed by atoms with Crippen molar-refractivity contribution in [2.75, 3.05) is 42.7 Å². The third-order valence-electron chi connectivity index (χ3n) is 15.4. The summed E-state index contributed by atoms with van der Waals surface area (Å²) in [5.41, 5.74) is 7.09. The molecule has 4 rings (SSSR count). The van der Waals surface area contributed by atoms with Gasteiger partial charge in [0.25, 0.3) is 0 Å². The number of aromatic hydroxyl groups is 2. The molecule has 14 atom stereocenters. The SMILES string of the molecule is CCOC(=O)[C@H](Cc1ccc(O)cc1)NC(=O)C(CSS)NC(=O)CNC(=O)C(NC(=O)[C@H](CSS)NC(=O)C(C)NC(=O)C1CCCN1C(=O)[C@H](CC=O)NC(=O)C1CSSCC(N)C(=O)N[C@@H](C)C(=O)NC(CCC(=O)O)C(=O)N[C@@H](Cc2ccc(O)cc2)C(=O)NC(C)C(=O)N1)[C@H](C)O. The Labute approximate surface area is 612 Å². The number of phenols is 2. The Bertz CT molecular complexity index is 3310. The zero-order valence-electron chi connectivity index (χ0n) is 56.0. The monoisotopic (exact) mass is 1540 g/mol. The number of amides is 13. The van der Waals surface area contributed by atoms with Gasteiger partial charge in [0, 0.05) is 55.2 Å². The Balaban J connectivity index is 1.44. The van der Waals surface area contributed by atoms with E-state index in [1.165, 1.54) is 69.3 Å². The highest BCUT2D eigenvalue weighted by Crippen LogP contribution is 2.24. The molecule has 2 aliphatic rings. The Kier molecular flexibility index (Phi) is 36.9. The standard InChI is InChI=1S/C61H86N14O21S6/c1-6-96-61(95)41(23-34-11-15-36(79)16-12-34)71-55(89)42(26-99-97)67-46(80)24-63-59(93)48(32(5)77)74-57(91)43(27-100-98)72-51(85)31(4)66-58(92)45-8-7-20-75(45)60(94)39(19-21-76)69-56(90)44-28-102-101-25-37(62)52(86)64-29(2)49(83)68-38(17-18-47(81)82)53(87)70-40(22-33-9-13-35(78)14-10-33)54(88)65-30(3)50(84)73-44/h9-16,21,29-32,37-45,48,77-79,97-98H,6-8,17-20,22-28,62H2,1-5H3,(H,63,93)(H,64,86)(H,65,88)(H,66,92)(H,67,80)(H,68,83)(H,69,90)(H,70,87)(H,71,89)(H,72,85)(H,73,84)(H,74,91)(H,81,82)/t29-,30?,31?,32-,37?,38?,39-,40-,41-,42?,43-,44?,45?,48?/m0/s1. The molecular weight excluding hydrogens is 1460 g/mol. The van der Waals surface area contributed by atoms with Gasteiger partial charge < -0.3 is 104 Å². The van der Waals surface area contributed by atoms with E-state index in [1.807, 2.05) is 0 Å². The number of carboxylic acids is 1. The number of thiol groups is 2. The first-order valence-corrected chi connectivity index (χ1v) is 38.4.